The number of aliphatic carboxylic acids is 1. The van der Waals surface area contributed by atoms with Crippen LogP contribution in [-0.2, 0) is 4.79 Å². The normalized spacial score (nSPS) is 25.8. The minimum absolute atomic E-state index is 0.0797. The van der Waals surface area contributed by atoms with E-state index in [1.165, 1.54) is 25.7 Å². The number of urea groups is 1. The molecule has 0 aromatic heterocycles. The Balaban J connectivity index is 1.58. The van der Waals surface area contributed by atoms with E-state index in [9.17, 15) is 14.7 Å². The van der Waals surface area contributed by atoms with E-state index in [4.69, 9.17) is 0 Å². The molecule has 106 valence electrons. The molecule has 19 heavy (non-hydrogen) atoms. The van der Waals surface area contributed by atoms with Crippen molar-refractivity contribution in [1.29, 1.82) is 0 Å². The summed E-state index contributed by atoms with van der Waals surface area (Å²) in [6.07, 6.45) is 6.55. The summed E-state index contributed by atoms with van der Waals surface area (Å²) in [7, 11) is 0. The summed E-state index contributed by atoms with van der Waals surface area (Å²) >= 11 is 0. The van der Waals surface area contributed by atoms with Crippen molar-refractivity contribution in [2.45, 2.75) is 57.0 Å². The van der Waals surface area contributed by atoms with Crippen molar-refractivity contribution in [2.24, 2.45) is 17.8 Å². The molecule has 5 nitrogen and oxygen atoms in total. The summed E-state index contributed by atoms with van der Waals surface area (Å²) in [4.78, 5) is 23.5. The molecule has 1 unspecified atom stereocenters. The van der Waals surface area contributed by atoms with Gasteiger partial charge in [-0.1, -0.05) is 0 Å². The summed E-state index contributed by atoms with van der Waals surface area (Å²) in [5.74, 6) is 0.390. The van der Waals surface area contributed by atoms with Crippen LogP contribution in [0.4, 0.5) is 4.79 Å². The van der Waals surface area contributed by atoms with E-state index in [2.05, 4.69) is 10.6 Å². The first-order valence-electron chi connectivity index (χ1n) is 7.33. The van der Waals surface area contributed by atoms with Crippen molar-refractivity contribution >= 4 is 12.0 Å². The smallest absolute Gasteiger partial charge is 0.329 e. The fraction of sp³-hybridized carbons (Fsp3) is 0.857. The Labute approximate surface area is 113 Å². The van der Waals surface area contributed by atoms with Gasteiger partial charge in [-0.25, -0.2) is 9.59 Å². The first-order valence-corrected chi connectivity index (χ1v) is 7.33. The number of carbonyl (C=O) groups excluding carboxylic acids is 1. The van der Waals surface area contributed by atoms with Gasteiger partial charge in [0.25, 0.3) is 0 Å². The second-order valence-electron chi connectivity index (χ2n) is 6.58. The first kappa shape index (κ1) is 12.8. The molecule has 0 radical (unpaired) electrons. The summed E-state index contributed by atoms with van der Waals surface area (Å²) in [6.45, 7) is 1.62. The highest BCUT2D eigenvalue weighted by molar-refractivity contribution is 5.86. The van der Waals surface area contributed by atoms with Crippen molar-refractivity contribution in [3.63, 3.8) is 0 Å². The Bertz CT molecular complexity index is 387. The Morgan fingerprint density at radius 3 is 2.00 bits per heavy atom. The number of rotatable bonds is 6. The van der Waals surface area contributed by atoms with E-state index in [0.29, 0.717) is 11.8 Å². The molecule has 0 heterocycles. The largest absolute Gasteiger partial charge is 0.480 e. The molecule has 1 atom stereocenters. The van der Waals surface area contributed by atoms with Crippen LogP contribution in [0, 0.1) is 17.8 Å². The molecule has 3 fully saturated rings. The fourth-order valence-corrected chi connectivity index (χ4v) is 2.95. The molecule has 3 N–H and O–H groups in total. The van der Waals surface area contributed by atoms with Gasteiger partial charge in [0.1, 0.15) is 5.54 Å². The molecule has 3 aliphatic rings. The van der Waals surface area contributed by atoms with Crippen molar-refractivity contribution in [3.8, 4) is 0 Å². The number of amides is 2. The minimum atomic E-state index is -1.11. The average molecular weight is 266 g/mol. The average Bonchev–Trinajstić information content (AvgIpc) is 3.21. The second kappa shape index (κ2) is 4.39. The van der Waals surface area contributed by atoms with Crippen LogP contribution >= 0.6 is 0 Å². The van der Waals surface area contributed by atoms with E-state index >= 15 is 0 Å². The number of hydrogen-bond acceptors (Lipinski definition) is 2. The Hall–Kier alpha value is -1.26. The number of nitrogens with one attached hydrogen (secondary N) is 2. The molecular weight excluding hydrogens is 244 g/mol. The topological polar surface area (TPSA) is 78.4 Å². The van der Waals surface area contributed by atoms with Gasteiger partial charge in [0.05, 0.1) is 0 Å². The van der Waals surface area contributed by atoms with E-state index in [0.717, 1.165) is 12.8 Å². The summed E-state index contributed by atoms with van der Waals surface area (Å²) in [5.41, 5.74) is -1.11. The minimum Gasteiger partial charge on any atom is -0.480 e. The zero-order valence-corrected chi connectivity index (χ0v) is 11.3. The standard InChI is InChI=1S/C14H22N2O3/c1-14(12(17)18,10-6-7-10)16-13(19)15-11(8-2-3-8)9-4-5-9/h8-11H,2-7H2,1H3,(H,17,18)(H2,15,16,19). The fourth-order valence-electron chi connectivity index (χ4n) is 2.95. The van der Waals surface area contributed by atoms with Crippen LogP contribution in [0.2, 0.25) is 0 Å². The number of hydrogen-bond donors (Lipinski definition) is 3. The molecule has 3 aliphatic carbocycles. The molecule has 0 aliphatic heterocycles. The van der Waals surface area contributed by atoms with Gasteiger partial charge in [0, 0.05) is 6.04 Å². The summed E-state index contributed by atoms with van der Waals surface area (Å²) in [5, 5.41) is 15.0. The predicted octanol–water partition coefficient (Wildman–Crippen LogP) is 1.73. The van der Waals surface area contributed by atoms with Gasteiger partial charge in [-0.05, 0) is 63.2 Å². The van der Waals surface area contributed by atoms with Crippen LogP contribution < -0.4 is 10.6 Å². The molecule has 0 aromatic carbocycles. The zero-order chi connectivity index (χ0) is 13.6. The molecule has 5 heteroatoms. The lowest BCUT2D eigenvalue weighted by Gasteiger charge is -2.28. The van der Waals surface area contributed by atoms with E-state index < -0.39 is 11.5 Å². The first-order chi connectivity index (χ1) is 9.00. The molecule has 2 amide bonds. The highest BCUT2D eigenvalue weighted by Gasteiger charge is 2.49. The van der Waals surface area contributed by atoms with Crippen LogP contribution in [0.1, 0.15) is 45.4 Å². The molecule has 0 aromatic rings. The zero-order valence-electron chi connectivity index (χ0n) is 11.3. The highest BCUT2D eigenvalue weighted by atomic mass is 16.4. The molecule has 0 saturated heterocycles. The Morgan fingerprint density at radius 1 is 1.11 bits per heavy atom. The Kier molecular flexibility index (Phi) is 2.95. The third-order valence-electron chi connectivity index (χ3n) is 4.77. The molecule has 0 spiro atoms. The monoisotopic (exact) mass is 266 g/mol. The molecule has 3 saturated carbocycles. The van der Waals surface area contributed by atoms with Crippen molar-refractivity contribution < 1.29 is 14.7 Å². The maximum atomic E-state index is 12.1. The van der Waals surface area contributed by atoms with Gasteiger partial charge in [0.2, 0.25) is 0 Å². The SMILES string of the molecule is CC(NC(=O)NC(C1CC1)C1CC1)(C(=O)O)C1CC1. The van der Waals surface area contributed by atoms with E-state index in [1.54, 1.807) is 6.92 Å². The van der Waals surface area contributed by atoms with E-state index in [1.807, 2.05) is 0 Å². The van der Waals surface area contributed by atoms with E-state index in [-0.39, 0.29) is 18.0 Å². The lowest BCUT2D eigenvalue weighted by atomic mass is 9.96. The third kappa shape index (κ3) is 2.69. The predicted molar refractivity (Wildman–Crippen MR) is 69.7 cm³/mol. The lowest BCUT2D eigenvalue weighted by molar-refractivity contribution is -0.144. The third-order valence-corrected chi connectivity index (χ3v) is 4.77. The molecule has 0 bridgehead atoms. The van der Waals surface area contributed by atoms with Crippen molar-refractivity contribution in [1.82, 2.24) is 10.6 Å². The second-order valence-corrected chi connectivity index (χ2v) is 6.58. The van der Waals surface area contributed by atoms with Crippen LogP contribution in [0.25, 0.3) is 0 Å². The number of carboxylic acids is 1. The van der Waals surface area contributed by atoms with Gasteiger partial charge in [-0.2, -0.15) is 0 Å². The Morgan fingerprint density at radius 2 is 1.63 bits per heavy atom. The highest BCUT2D eigenvalue weighted by Crippen LogP contribution is 2.44. The number of carbonyl (C=O) groups is 2. The van der Waals surface area contributed by atoms with Crippen LogP contribution in [-0.4, -0.2) is 28.7 Å². The maximum Gasteiger partial charge on any atom is 0.329 e. The van der Waals surface area contributed by atoms with Crippen molar-refractivity contribution in [2.75, 3.05) is 0 Å². The van der Waals surface area contributed by atoms with Gasteiger partial charge < -0.3 is 15.7 Å². The van der Waals surface area contributed by atoms with Crippen LogP contribution in [0.3, 0.4) is 0 Å². The van der Waals surface area contributed by atoms with Gasteiger partial charge in [-0.15, -0.1) is 0 Å². The van der Waals surface area contributed by atoms with Crippen LogP contribution in [0.5, 0.6) is 0 Å². The summed E-state index contributed by atoms with van der Waals surface area (Å²) < 4.78 is 0. The summed E-state index contributed by atoms with van der Waals surface area (Å²) in [6, 6.07) is -0.0437. The number of carboxylic acid groups (broad SMARTS) is 1. The molecular formula is C14H22N2O3. The van der Waals surface area contributed by atoms with Gasteiger partial charge in [-0.3, -0.25) is 0 Å². The lowest BCUT2D eigenvalue weighted by Crippen LogP contribution is -2.58. The quantitative estimate of drug-likeness (QED) is 0.685. The van der Waals surface area contributed by atoms with Gasteiger partial charge >= 0.3 is 12.0 Å². The van der Waals surface area contributed by atoms with Gasteiger partial charge in [0.15, 0.2) is 0 Å². The maximum absolute atomic E-state index is 12.1. The molecule has 3 rings (SSSR count). The van der Waals surface area contributed by atoms with Crippen molar-refractivity contribution in [3.05, 3.63) is 0 Å². The van der Waals surface area contributed by atoms with Crippen LogP contribution in [0.15, 0.2) is 0 Å².